The van der Waals surface area contributed by atoms with E-state index in [-0.39, 0.29) is 18.4 Å². The second-order valence-electron chi connectivity index (χ2n) is 5.60. The molecule has 1 saturated heterocycles. The first-order chi connectivity index (χ1) is 9.24. The van der Waals surface area contributed by atoms with Gasteiger partial charge in [0, 0.05) is 12.5 Å². The second kappa shape index (κ2) is 5.31. The maximum Gasteiger partial charge on any atom is 0.303 e. The van der Waals surface area contributed by atoms with Crippen LogP contribution in [0.1, 0.15) is 42.0 Å². The third-order valence-electron chi connectivity index (χ3n) is 4.26. The average molecular weight is 260 g/mol. The highest BCUT2D eigenvalue weighted by molar-refractivity contribution is 5.67. The number of rotatable bonds is 3. The summed E-state index contributed by atoms with van der Waals surface area (Å²) in [5.74, 6) is -0.599. The van der Waals surface area contributed by atoms with Crippen LogP contribution in [-0.4, -0.2) is 17.6 Å². The Bertz CT molecular complexity index is 487. The van der Waals surface area contributed by atoms with Crippen LogP contribution in [0.25, 0.3) is 0 Å². The summed E-state index contributed by atoms with van der Waals surface area (Å²) < 4.78 is 0. The van der Waals surface area contributed by atoms with E-state index in [9.17, 15) is 4.79 Å². The summed E-state index contributed by atoms with van der Waals surface area (Å²) >= 11 is 0. The molecule has 2 aliphatic rings. The van der Waals surface area contributed by atoms with Crippen LogP contribution in [0.5, 0.6) is 0 Å². The van der Waals surface area contributed by atoms with Gasteiger partial charge in [-0.3, -0.25) is 10.2 Å². The molecular formula is C15H20N2O2. The number of nitrogens with one attached hydrogen (secondary N) is 2. The fourth-order valence-corrected chi connectivity index (χ4v) is 3.25. The molecule has 1 heterocycles. The molecule has 0 spiro atoms. The molecule has 0 radical (unpaired) electrons. The van der Waals surface area contributed by atoms with E-state index in [1.54, 1.807) is 0 Å². The molecule has 1 aliphatic heterocycles. The minimum absolute atomic E-state index is 0.114. The highest BCUT2D eigenvalue weighted by Crippen LogP contribution is 2.30. The van der Waals surface area contributed by atoms with Gasteiger partial charge in [-0.25, -0.2) is 5.43 Å². The zero-order chi connectivity index (χ0) is 13.2. The molecule has 1 fully saturated rings. The van der Waals surface area contributed by atoms with Crippen molar-refractivity contribution in [3.05, 3.63) is 34.9 Å². The number of benzene rings is 1. The smallest absolute Gasteiger partial charge is 0.303 e. The zero-order valence-corrected chi connectivity index (χ0v) is 11.0. The van der Waals surface area contributed by atoms with Crippen LogP contribution in [-0.2, 0) is 17.6 Å². The van der Waals surface area contributed by atoms with Crippen LogP contribution in [0, 0.1) is 5.92 Å². The van der Waals surface area contributed by atoms with E-state index in [4.69, 9.17) is 5.11 Å². The largest absolute Gasteiger partial charge is 0.481 e. The number of hydrogen-bond donors (Lipinski definition) is 3. The Morgan fingerprint density at radius 1 is 1.26 bits per heavy atom. The van der Waals surface area contributed by atoms with Crippen molar-refractivity contribution in [3.63, 3.8) is 0 Å². The lowest BCUT2D eigenvalue weighted by molar-refractivity contribution is -0.138. The molecule has 2 unspecified atom stereocenters. The van der Waals surface area contributed by atoms with E-state index >= 15 is 0 Å². The second-order valence-corrected chi connectivity index (χ2v) is 5.60. The molecule has 0 bridgehead atoms. The SMILES string of the molecule is O=C(O)CC1CNNC1c1ccc2c(c1)CCCC2. The summed E-state index contributed by atoms with van der Waals surface area (Å²) in [4.78, 5) is 10.9. The van der Waals surface area contributed by atoms with E-state index in [0.29, 0.717) is 6.54 Å². The Hall–Kier alpha value is -1.39. The van der Waals surface area contributed by atoms with Crippen LogP contribution < -0.4 is 10.9 Å². The van der Waals surface area contributed by atoms with Gasteiger partial charge in [0.05, 0.1) is 12.5 Å². The normalized spacial score (nSPS) is 26.1. The Labute approximate surface area is 113 Å². The number of aliphatic carboxylic acids is 1. The number of fused-ring (bicyclic) bond motifs is 1. The Kier molecular flexibility index (Phi) is 3.53. The highest BCUT2D eigenvalue weighted by atomic mass is 16.4. The molecule has 3 N–H and O–H groups in total. The van der Waals surface area contributed by atoms with Gasteiger partial charge in [0.15, 0.2) is 0 Å². The molecule has 0 amide bonds. The minimum Gasteiger partial charge on any atom is -0.481 e. The standard InChI is InChI=1S/C15H20N2O2/c18-14(19)8-13-9-16-17-15(13)12-6-5-10-3-1-2-4-11(10)7-12/h5-7,13,15-17H,1-4,8-9H2,(H,18,19). The Morgan fingerprint density at radius 3 is 2.84 bits per heavy atom. The Balaban J connectivity index is 1.82. The zero-order valence-electron chi connectivity index (χ0n) is 11.0. The number of hydrogen-bond acceptors (Lipinski definition) is 3. The van der Waals surface area contributed by atoms with Crippen LogP contribution in [0.2, 0.25) is 0 Å². The van der Waals surface area contributed by atoms with Gasteiger partial charge in [0.25, 0.3) is 0 Å². The average Bonchev–Trinajstić information content (AvgIpc) is 2.85. The molecular weight excluding hydrogens is 240 g/mol. The molecule has 2 atom stereocenters. The van der Waals surface area contributed by atoms with Crippen molar-refractivity contribution >= 4 is 5.97 Å². The summed E-state index contributed by atoms with van der Waals surface area (Å²) in [7, 11) is 0. The van der Waals surface area contributed by atoms with Gasteiger partial charge in [0.1, 0.15) is 0 Å². The molecule has 19 heavy (non-hydrogen) atoms. The summed E-state index contributed by atoms with van der Waals surface area (Å²) in [6.07, 6.45) is 5.11. The topological polar surface area (TPSA) is 61.4 Å². The van der Waals surface area contributed by atoms with E-state index < -0.39 is 5.97 Å². The first-order valence-corrected chi connectivity index (χ1v) is 7.06. The third kappa shape index (κ3) is 2.65. The van der Waals surface area contributed by atoms with Gasteiger partial charge in [-0.05, 0) is 42.4 Å². The van der Waals surface area contributed by atoms with Crippen molar-refractivity contribution in [1.82, 2.24) is 10.9 Å². The quantitative estimate of drug-likeness (QED) is 0.775. The fourth-order valence-electron chi connectivity index (χ4n) is 3.25. The molecule has 3 rings (SSSR count). The predicted molar refractivity (Wildman–Crippen MR) is 72.7 cm³/mol. The van der Waals surface area contributed by atoms with E-state index in [0.717, 1.165) is 6.42 Å². The van der Waals surface area contributed by atoms with Gasteiger partial charge in [-0.15, -0.1) is 0 Å². The summed E-state index contributed by atoms with van der Waals surface area (Å²) in [6.45, 7) is 0.716. The van der Waals surface area contributed by atoms with Gasteiger partial charge >= 0.3 is 5.97 Å². The summed E-state index contributed by atoms with van der Waals surface area (Å²) in [5.41, 5.74) is 10.5. The number of carboxylic acids is 1. The number of carbonyl (C=O) groups is 1. The van der Waals surface area contributed by atoms with Crippen LogP contribution >= 0.6 is 0 Å². The summed E-state index contributed by atoms with van der Waals surface area (Å²) in [6, 6.07) is 6.77. The Morgan fingerprint density at radius 2 is 2.05 bits per heavy atom. The highest BCUT2D eigenvalue weighted by Gasteiger charge is 2.30. The van der Waals surface area contributed by atoms with Gasteiger partial charge in [-0.2, -0.15) is 0 Å². The molecule has 1 aromatic carbocycles. The molecule has 0 saturated carbocycles. The lowest BCUT2D eigenvalue weighted by Gasteiger charge is -2.21. The predicted octanol–water partition coefficient (Wildman–Crippen LogP) is 1.81. The van der Waals surface area contributed by atoms with Gasteiger partial charge in [0.2, 0.25) is 0 Å². The third-order valence-corrected chi connectivity index (χ3v) is 4.26. The fraction of sp³-hybridized carbons (Fsp3) is 0.533. The van der Waals surface area contributed by atoms with Crippen molar-refractivity contribution in [1.29, 1.82) is 0 Å². The molecule has 4 heteroatoms. The summed E-state index contributed by atoms with van der Waals surface area (Å²) in [5, 5.41) is 8.98. The van der Waals surface area contributed by atoms with Crippen LogP contribution in [0.3, 0.4) is 0 Å². The number of aryl methyl sites for hydroxylation is 2. The molecule has 1 aromatic rings. The maximum absolute atomic E-state index is 10.9. The van der Waals surface area contributed by atoms with Gasteiger partial charge in [-0.1, -0.05) is 18.2 Å². The monoisotopic (exact) mass is 260 g/mol. The molecule has 102 valence electrons. The first-order valence-electron chi connectivity index (χ1n) is 7.06. The maximum atomic E-state index is 10.9. The van der Waals surface area contributed by atoms with E-state index in [1.165, 1.54) is 36.0 Å². The lowest BCUT2D eigenvalue weighted by atomic mass is 9.86. The van der Waals surface area contributed by atoms with Crippen molar-refractivity contribution in [2.24, 2.45) is 5.92 Å². The van der Waals surface area contributed by atoms with Gasteiger partial charge < -0.3 is 5.11 Å². The molecule has 0 aromatic heterocycles. The number of hydrazine groups is 1. The van der Waals surface area contributed by atoms with E-state index in [1.807, 2.05) is 0 Å². The lowest BCUT2D eigenvalue weighted by Crippen LogP contribution is -2.25. The van der Waals surface area contributed by atoms with Crippen molar-refractivity contribution in [2.45, 2.75) is 38.1 Å². The molecule has 1 aliphatic carbocycles. The number of carboxylic acid groups (broad SMARTS) is 1. The van der Waals surface area contributed by atoms with Crippen molar-refractivity contribution in [2.75, 3.05) is 6.54 Å². The van der Waals surface area contributed by atoms with Crippen LogP contribution in [0.15, 0.2) is 18.2 Å². The first kappa shape index (κ1) is 12.6. The van der Waals surface area contributed by atoms with Crippen molar-refractivity contribution in [3.8, 4) is 0 Å². The van der Waals surface area contributed by atoms with Crippen LogP contribution in [0.4, 0.5) is 0 Å². The van der Waals surface area contributed by atoms with Crippen molar-refractivity contribution < 1.29 is 9.90 Å². The molecule has 4 nitrogen and oxygen atoms in total. The minimum atomic E-state index is -0.724. The van der Waals surface area contributed by atoms with E-state index in [2.05, 4.69) is 29.1 Å².